The minimum absolute atomic E-state index is 0.0785. The minimum Gasteiger partial charge on any atom is -0.494 e. The van der Waals surface area contributed by atoms with Crippen LogP contribution in [0.5, 0.6) is 5.75 Å². The molecule has 0 aliphatic carbocycles. The zero-order valence-electron chi connectivity index (χ0n) is 18.9. The van der Waals surface area contributed by atoms with Crippen LogP contribution in [-0.4, -0.2) is 47.3 Å². The van der Waals surface area contributed by atoms with Gasteiger partial charge in [-0.3, -0.25) is 9.69 Å². The summed E-state index contributed by atoms with van der Waals surface area (Å²) < 4.78 is 5.60. The van der Waals surface area contributed by atoms with Gasteiger partial charge in [0.25, 0.3) is 5.91 Å². The van der Waals surface area contributed by atoms with E-state index >= 15 is 0 Å². The molecular weight excluding hydrogens is 386 g/mol. The van der Waals surface area contributed by atoms with Crippen molar-refractivity contribution < 1.29 is 9.53 Å². The molecule has 5 nitrogen and oxygen atoms in total. The average Bonchev–Trinajstić information content (AvgIpc) is 3.22. The SMILES string of the molecule is CCOc1ccc(C2CC(c3ccc(C)cc3)=NN2C(=O)CN2CCCCC2C)cc1. The highest BCUT2D eigenvalue weighted by molar-refractivity contribution is 6.03. The third-order valence-corrected chi connectivity index (χ3v) is 6.41. The van der Waals surface area contributed by atoms with Crippen molar-refractivity contribution in [3.63, 3.8) is 0 Å². The van der Waals surface area contributed by atoms with Crippen molar-refractivity contribution in [2.75, 3.05) is 19.7 Å². The molecule has 2 aromatic carbocycles. The maximum atomic E-state index is 13.4. The summed E-state index contributed by atoms with van der Waals surface area (Å²) in [6, 6.07) is 16.9. The van der Waals surface area contributed by atoms with Gasteiger partial charge >= 0.3 is 0 Å². The Morgan fingerprint density at radius 3 is 2.52 bits per heavy atom. The summed E-state index contributed by atoms with van der Waals surface area (Å²) in [6.07, 6.45) is 4.30. The molecule has 4 rings (SSSR count). The van der Waals surface area contributed by atoms with Crippen molar-refractivity contribution in [3.05, 3.63) is 65.2 Å². The normalized spacial score (nSPS) is 21.8. The second kappa shape index (κ2) is 9.65. The van der Waals surface area contributed by atoms with Crippen LogP contribution in [0.3, 0.4) is 0 Å². The average molecular weight is 420 g/mol. The first kappa shape index (κ1) is 21.6. The van der Waals surface area contributed by atoms with Crippen LogP contribution in [0.2, 0.25) is 0 Å². The summed E-state index contributed by atoms with van der Waals surface area (Å²) in [4.78, 5) is 15.7. The van der Waals surface area contributed by atoms with E-state index in [4.69, 9.17) is 9.84 Å². The number of hydrazone groups is 1. The summed E-state index contributed by atoms with van der Waals surface area (Å²) in [5, 5.41) is 6.57. The topological polar surface area (TPSA) is 45.1 Å². The molecule has 2 atom stereocenters. The van der Waals surface area contributed by atoms with Crippen molar-refractivity contribution >= 4 is 11.6 Å². The molecule has 0 aromatic heterocycles. The van der Waals surface area contributed by atoms with E-state index < -0.39 is 0 Å². The summed E-state index contributed by atoms with van der Waals surface area (Å²) in [6.45, 7) is 8.35. The molecule has 2 aliphatic rings. The molecule has 0 spiro atoms. The van der Waals surface area contributed by atoms with E-state index in [0.717, 1.165) is 48.4 Å². The van der Waals surface area contributed by atoms with Crippen LogP contribution in [-0.2, 0) is 4.79 Å². The minimum atomic E-state index is -0.0837. The van der Waals surface area contributed by atoms with E-state index in [1.54, 1.807) is 5.01 Å². The van der Waals surface area contributed by atoms with Gasteiger partial charge in [0, 0.05) is 12.5 Å². The van der Waals surface area contributed by atoms with Crippen LogP contribution in [0.4, 0.5) is 0 Å². The van der Waals surface area contributed by atoms with E-state index in [-0.39, 0.29) is 11.9 Å². The van der Waals surface area contributed by atoms with E-state index in [1.165, 1.54) is 12.0 Å². The van der Waals surface area contributed by atoms with Crippen molar-refractivity contribution in [3.8, 4) is 5.75 Å². The molecular formula is C26H33N3O2. The maximum absolute atomic E-state index is 13.4. The largest absolute Gasteiger partial charge is 0.494 e. The maximum Gasteiger partial charge on any atom is 0.257 e. The van der Waals surface area contributed by atoms with Crippen LogP contribution in [0, 0.1) is 6.92 Å². The van der Waals surface area contributed by atoms with E-state index in [0.29, 0.717) is 19.2 Å². The molecule has 31 heavy (non-hydrogen) atoms. The van der Waals surface area contributed by atoms with Gasteiger partial charge in [-0.15, -0.1) is 0 Å². The highest BCUT2D eigenvalue weighted by Crippen LogP contribution is 2.34. The lowest BCUT2D eigenvalue weighted by Crippen LogP contribution is -2.44. The molecule has 1 amide bonds. The number of hydrogen-bond donors (Lipinski definition) is 0. The summed E-state index contributed by atoms with van der Waals surface area (Å²) >= 11 is 0. The number of amides is 1. The Hall–Kier alpha value is -2.66. The van der Waals surface area contributed by atoms with E-state index in [1.807, 2.05) is 19.1 Å². The molecule has 1 saturated heterocycles. The predicted molar refractivity (Wildman–Crippen MR) is 124 cm³/mol. The zero-order valence-corrected chi connectivity index (χ0v) is 18.9. The van der Waals surface area contributed by atoms with Gasteiger partial charge in [0.15, 0.2) is 0 Å². The molecule has 2 heterocycles. The smallest absolute Gasteiger partial charge is 0.257 e. The lowest BCUT2D eigenvalue weighted by atomic mass is 9.97. The van der Waals surface area contributed by atoms with Gasteiger partial charge in [0.05, 0.1) is 24.9 Å². The quantitative estimate of drug-likeness (QED) is 0.666. The molecule has 0 N–H and O–H groups in total. The summed E-state index contributed by atoms with van der Waals surface area (Å²) in [7, 11) is 0. The number of nitrogens with zero attached hydrogens (tertiary/aromatic N) is 3. The second-order valence-electron chi connectivity index (χ2n) is 8.69. The van der Waals surface area contributed by atoms with Gasteiger partial charge in [-0.05, 0) is 63.4 Å². The highest BCUT2D eigenvalue weighted by Gasteiger charge is 2.34. The van der Waals surface area contributed by atoms with Crippen LogP contribution < -0.4 is 4.74 Å². The van der Waals surface area contributed by atoms with Gasteiger partial charge in [0.1, 0.15) is 5.75 Å². The van der Waals surface area contributed by atoms with Gasteiger partial charge in [-0.2, -0.15) is 5.10 Å². The van der Waals surface area contributed by atoms with Gasteiger partial charge in [-0.1, -0.05) is 48.4 Å². The molecule has 164 valence electrons. The third-order valence-electron chi connectivity index (χ3n) is 6.41. The first-order valence-corrected chi connectivity index (χ1v) is 11.5. The standard InChI is InChI=1S/C26H33N3O2/c1-4-31-23-14-12-22(13-15-23)25-17-24(21-10-8-19(2)9-11-21)27-29(25)26(30)18-28-16-6-5-7-20(28)3/h8-15,20,25H,4-7,16-18H2,1-3H3. The summed E-state index contributed by atoms with van der Waals surface area (Å²) in [5.74, 6) is 0.929. The van der Waals surface area contributed by atoms with Crippen molar-refractivity contribution in [2.24, 2.45) is 5.10 Å². The van der Waals surface area contributed by atoms with Crippen LogP contribution in [0.25, 0.3) is 0 Å². The molecule has 0 bridgehead atoms. The van der Waals surface area contributed by atoms with E-state index in [2.05, 4.69) is 55.1 Å². The number of ether oxygens (including phenoxy) is 1. The molecule has 5 heteroatoms. The fourth-order valence-electron chi connectivity index (χ4n) is 4.51. The number of rotatable bonds is 6. The zero-order chi connectivity index (χ0) is 21.8. The van der Waals surface area contributed by atoms with Crippen LogP contribution >= 0.6 is 0 Å². The summed E-state index contributed by atoms with van der Waals surface area (Å²) in [5.41, 5.74) is 4.37. The van der Waals surface area contributed by atoms with Crippen LogP contribution in [0.1, 0.15) is 62.3 Å². The number of likely N-dealkylation sites (tertiary alicyclic amines) is 1. The number of carbonyl (C=O) groups is 1. The lowest BCUT2D eigenvalue weighted by molar-refractivity contribution is -0.135. The highest BCUT2D eigenvalue weighted by atomic mass is 16.5. The van der Waals surface area contributed by atoms with E-state index in [9.17, 15) is 4.79 Å². The number of hydrogen-bond acceptors (Lipinski definition) is 4. The molecule has 2 unspecified atom stereocenters. The number of aryl methyl sites for hydroxylation is 1. The molecule has 2 aromatic rings. The van der Waals surface area contributed by atoms with Gasteiger partial charge in [-0.25, -0.2) is 5.01 Å². The van der Waals surface area contributed by atoms with Crippen molar-refractivity contribution in [1.29, 1.82) is 0 Å². The number of benzene rings is 2. The van der Waals surface area contributed by atoms with Crippen molar-refractivity contribution in [2.45, 2.75) is 58.5 Å². The second-order valence-corrected chi connectivity index (χ2v) is 8.69. The van der Waals surface area contributed by atoms with Crippen molar-refractivity contribution in [1.82, 2.24) is 9.91 Å². The fraction of sp³-hybridized carbons (Fsp3) is 0.462. The molecule has 2 aliphatic heterocycles. The Morgan fingerprint density at radius 2 is 1.84 bits per heavy atom. The Labute approximate surface area is 185 Å². The van der Waals surface area contributed by atoms with Gasteiger partial charge < -0.3 is 4.74 Å². The fourth-order valence-corrected chi connectivity index (χ4v) is 4.51. The first-order chi connectivity index (χ1) is 15.0. The molecule has 0 saturated carbocycles. The Morgan fingerprint density at radius 1 is 1.10 bits per heavy atom. The molecule has 0 radical (unpaired) electrons. The predicted octanol–water partition coefficient (Wildman–Crippen LogP) is 4.95. The number of piperidine rings is 1. The third kappa shape index (κ3) is 4.99. The Kier molecular flexibility index (Phi) is 6.71. The van der Waals surface area contributed by atoms with Gasteiger partial charge in [0.2, 0.25) is 0 Å². The first-order valence-electron chi connectivity index (χ1n) is 11.5. The number of carbonyl (C=O) groups excluding carboxylic acids is 1. The van der Waals surface area contributed by atoms with Crippen LogP contribution in [0.15, 0.2) is 53.6 Å². The Balaban J connectivity index is 1.59. The molecule has 1 fully saturated rings. The Bertz CT molecular complexity index is 921. The monoisotopic (exact) mass is 419 g/mol. The lowest BCUT2D eigenvalue weighted by Gasteiger charge is -2.34.